The van der Waals surface area contributed by atoms with Gasteiger partial charge in [0.25, 0.3) is 0 Å². The average molecular weight is 244 g/mol. The predicted molar refractivity (Wildman–Crippen MR) is 71.0 cm³/mol. The van der Waals surface area contributed by atoms with Gasteiger partial charge in [0.05, 0.1) is 7.11 Å². The number of fused-ring (bicyclic) bond motifs is 1. The molecule has 5 heteroatoms. The fourth-order valence-electron chi connectivity index (χ4n) is 2.36. The van der Waals surface area contributed by atoms with Crippen LogP contribution in [0.2, 0.25) is 0 Å². The number of aliphatic imine (C=N–C) groups is 2. The predicted octanol–water partition coefficient (Wildman–Crippen LogP) is 1.17. The smallest absolute Gasteiger partial charge is 0.197 e. The molecule has 1 aromatic carbocycles. The Bertz CT molecular complexity index is 506. The van der Waals surface area contributed by atoms with Crippen molar-refractivity contribution in [2.45, 2.75) is 12.5 Å². The lowest BCUT2D eigenvalue weighted by molar-refractivity contribution is 0.414. The monoisotopic (exact) mass is 244 g/mol. The molecule has 0 aromatic heterocycles. The molecule has 0 amide bonds. The normalized spacial score (nSPS) is 22.3. The number of methoxy groups -OCH3 is 1. The number of rotatable bonds is 2. The van der Waals surface area contributed by atoms with Crippen LogP contribution in [0.15, 0.2) is 34.3 Å². The van der Waals surface area contributed by atoms with Crippen LogP contribution in [-0.2, 0) is 0 Å². The molecule has 3 rings (SSSR count). The van der Waals surface area contributed by atoms with Crippen molar-refractivity contribution in [3.63, 3.8) is 0 Å². The summed E-state index contributed by atoms with van der Waals surface area (Å²) in [5, 5.41) is 0. The molecule has 2 N–H and O–H groups in total. The van der Waals surface area contributed by atoms with E-state index in [0.29, 0.717) is 5.96 Å². The van der Waals surface area contributed by atoms with E-state index in [0.717, 1.165) is 36.7 Å². The topological polar surface area (TPSA) is 63.2 Å². The van der Waals surface area contributed by atoms with Crippen LogP contribution >= 0.6 is 0 Å². The molecule has 5 nitrogen and oxygen atoms in total. The third-order valence-corrected chi connectivity index (χ3v) is 3.30. The van der Waals surface area contributed by atoms with Crippen molar-refractivity contribution < 1.29 is 4.74 Å². The lowest BCUT2D eigenvalue weighted by atomic mass is 10.1. The summed E-state index contributed by atoms with van der Waals surface area (Å²) in [6.07, 6.45) is 1.04. The third-order valence-electron chi connectivity index (χ3n) is 3.30. The van der Waals surface area contributed by atoms with E-state index in [9.17, 15) is 0 Å². The Labute approximate surface area is 106 Å². The van der Waals surface area contributed by atoms with Gasteiger partial charge in [0.2, 0.25) is 0 Å². The number of benzene rings is 1. The molecule has 0 saturated carbocycles. The quantitative estimate of drug-likeness (QED) is 0.849. The van der Waals surface area contributed by atoms with Crippen molar-refractivity contribution in [3.05, 3.63) is 29.8 Å². The van der Waals surface area contributed by atoms with Gasteiger partial charge in [0.15, 0.2) is 5.96 Å². The minimum absolute atomic E-state index is 0.0591. The molecule has 0 radical (unpaired) electrons. The highest BCUT2D eigenvalue weighted by molar-refractivity contribution is 6.07. The second-order valence-electron chi connectivity index (χ2n) is 4.41. The molecule has 94 valence electrons. The Morgan fingerprint density at radius 1 is 1.33 bits per heavy atom. The van der Waals surface area contributed by atoms with Crippen LogP contribution < -0.4 is 10.5 Å². The lowest BCUT2D eigenvalue weighted by Crippen LogP contribution is -2.41. The standard InChI is InChI=1S/C13H16N4O/c1-18-10-5-3-9(4-6-10)11-12-15-7-2-8-17(12)13(14)16-11/h3-6,11H,2,7-8H2,1H3,(H2,14,16). The van der Waals surface area contributed by atoms with Crippen molar-refractivity contribution >= 4 is 11.8 Å². The SMILES string of the molecule is COc1ccc(C2N=C(N)N3CCCN=C23)cc1. The highest BCUT2D eigenvalue weighted by Crippen LogP contribution is 2.29. The van der Waals surface area contributed by atoms with Crippen LogP contribution in [0.5, 0.6) is 5.75 Å². The Balaban J connectivity index is 1.93. The minimum atomic E-state index is -0.0591. The molecular weight excluding hydrogens is 228 g/mol. The van der Waals surface area contributed by atoms with Gasteiger partial charge in [0.1, 0.15) is 17.6 Å². The summed E-state index contributed by atoms with van der Waals surface area (Å²) in [5.41, 5.74) is 7.04. The molecular formula is C13H16N4O. The van der Waals surface area contributed by atoms with E-state index in [1.54, 1.807) is 7.11 Å². The first kappa shape index (κ1) is 11.1. The van der Waals surface area contributed by atoms with Crippen molar-refractivity contribution in [2.75, 3.05) is 20.2 Å². The molecule has 1 aromatic rings. The van der Waals surface area contributed by atoms with Gasteiger partial charge in [-0.3, -0.25) is 9.89 Å². The number of ether oxygens (including phenoxy) is 1. The van der Waals surface area contributed by atoms with Gasteiger partial charge < -0.3 is 10.5 Å². The summed E-state index contributed by atoms with van der Waals surface area (Å²) >= 11 is 0. The fraction of sp³-hybridized carbons (Fsp3) is 0.385. The Kier molecular flexibility index (Phi) is 2.66. The molecule has 2 aliphatic rings. The summed E-state index contributed by atoms with van der Waals surface area (Å²) in [5.74, 6) is 2.40. The first-order valence-electron chi connectivity index (χ1n) is 6.08. The minimum Gasteiger partial charge on any atom is -0.497 e. The van der Waals surface area contributed by atoms with Gasteiger partial charge in [-0.15, -0.1) is 0 Å². The summed E-state index contributed by atoms with van der Waals surface area (Å²) < 4.78 is 5.16. The Hall–Kier alpha value is -2.04. The molecule has 0 spiro atoms. The molecule has 1 atom stereocenters. The second-order valence-corrected chi connectivity index (χ2v) is 4.41. The van der Waals surface area contributed by atoms with E-state index < -0.39 is 0 Å². The van der Waals surface area contributed by atoms with E-state index in [4.69, 9.17) is 10.5 Å². The van der Waals surface area contributed by atoms with Gasteiger partial charge >= 0.3 is 0 Å². The van der Waals surface area contributed by atoms with Gasteiger partial charge in [-0.2, -0.15) is 0 Å². The van der Waals surface area contributed by atoms with Gasteiger partial charge in [-0.25, -0.2) is 4.99 Å². The Morgan fingerprint density at radius 3 is 2.83 bits per heavy atom. The number of guanidine groups is 1. The van der Waals surface area contributed by atoms with Crippen molar-refractivity contribution in [2.24, 2.45) is 15.7 Å². The van der Waals surface area contributed by atoms with Crippen molar-refractivity contribution in [1.29, 1.82) is 0 Å². The van der Waals surface area contributed by atoms with Crippen LogP contribution in [0.25, 0.3) is 0 Å². The molecule has 0 fully saturated rings. The van der Waals surface area contributed by atoms with E-state index in [-0.39, 0.29) is 6.04 Å². The molecule has 0 aliphatic carbocycles. The van der Waals surface area contributed by atoms with Gasteiger partial charge in [-0.1, -0.05) is 12.1 Å². The molecule has 0 bridgehead atoms. The Morgan fingerprint density at radius 2 is 2.11 bits per heavy atom. The van der Waals surface area contributed by atoms with Crippen molar-refractivity contribution in [3.8, 4) is 5.75 Å². The highest BCUT2D eigenvalue weighted by Gasteiger charge is 2.33. The number of hydrogen-bond acceptors (Lipinski definition) is 5. The number of nitrogens with two attached hydrogens (primary N) is 1. The summed E-state index contributed by atoms with van der Waals surface area (Å²) in [6.45, 7) is 1.78. The fourth-order valence-corrected chi connectivity index (χ4v) is 2.36. The maximum atomic E-state index is 5.94. The lowest BCUT2D eigenvalue weighted by Gasteiger charge is -2.24. The maximum absolute atomic E-state index is 5.94. The van der Waals surface area contributed by atoms with E-state index in [1.807, 2.05) is 29.2 Å². The highest BCUT2D eigenvalue weighted by atomic mass is 16.5. The van der Waals surface area contributed by atoms with E-state index in [2.05, 4.69) is 9.98 Å². The van der Waals surface area contributed by atoms with Gasteiger partial charge in [0, 0.05) is 13.1 Å². The summed E-state index contributed by atoms with van der Waals surface area (Å²) in [6, 6.07) is 7.85. The maximum Gasteiger partial charge on any atom is 0.197 e. The van der Waals surface area contributed by atoms with Crippen molar-refractivity contribution in [1.82, 2.24) is 4.90 Å². The largest absolute Gasteiger partial charge is 0.497 e. The van der Waals surface area contributed by atoms with Crippen LogP contribution in [0.1, 0.15) is 18.0 Å². The zero-order valence-electron chi connectivity index (χ0n) is 10.3. The number of amidine groups is 1. The average Bonchev–Trinajstić information content (AvgIpc) is 2.77. The zero-order chi connectivity index (χ0) is 12.5. The van der Waals surface area contributed by atoms with Crippen LogP contribution in [-0.4, -0.2) is 36.9 Å². The first-order chi connectivity index (χ1) is 8.79. The van der Waals surface area contributed by atoms with Crippen LogP contribution in [0, 0.1) is 0 Å². The second kappa shape index (κ2) is 4.33. The molecule has 2 aliphatic heterocycles. The third kappa shape index (κ3) is 1.72. The molecule has 0 saturated heterocycles. The van der Waals surface area contributed by atoms with Crippen LogP contribution in [0.3, 0.4) is 0 Å². The van der Waals surface area contributed by atoms with Crippen LogP contribution in [0.4, 0.5) is 0 Å². The van der Waals surface area contributed by atoms with E-state index >= 15 is 0 Å². The molecule has 1 unspecified atom stereocenters. The molecule has 2 heterocycles. The zero-order valence-corrected chi connectivity index (χ0v) is 10.3. The van der Waals surface area contributed by atoms with E-state index in [1.165, 1.54) is 0 Å². The summed E-state index contributed by atoms with van der Waals surface area (Å²) in [7, 11) is 1.66. The summed E-state index contributed by atoms with van der Waals surface area (Å²) in [4.78, 5) is 11.1. The first-order valence-corrected chi connectivity index (χ1v) is 6.08. The van der Waals surface area contributed by atoms with Gasteiger partial charge in [-0.05, 0) is 24.1 Å². The molecule has 18 heavy (non-hydrogen) atoms. The number of nitrogens with zero attached hydrogens (tertiary/aromatic N) is 3. The number of hydrogen-bond donors (Lipinski definition) is 1.